The molecule has 2 saturated heterocycles. The van der Waals surface area contributed by atoms with E-state index in [4.69, 9.17) is 0 Å². The van der Waals surface area contributed by atoms with Crippen LogP contribution in [0.5, 0.6) is 0 Å². The van der Waals surface area contributed by atoms with Gasteiger partial charge in [-0.1, -0.05) is 0 Å². The Morgan fingerprint density at radius 2 is 2.25 bits per heavy atom. The molecule has 2 rings (SSSR count). The highest BCUT2D eigenvalue weighted by atomic mass is 35.5. The second kappa shape index (κ2) is 6.99. The van der Waals surface area contributed by atoms with E-state index in [0.29, 0.717) is 11.9 Å². The highest BCUT2D eigenvalue weighted by molar-refractivity contribution is 8.07. The molecule has 16 heavy (non-hydrogen) atoms. The molecular formula is C10H19ClN2OS2. The van der Waals surface area contributed by atoms with E-state index in [-0.39, 0.29) is 17.7 Å². The lowest BCUT2D eigenvalue weighted by atomic mass is 10.2. The molecule has 0 spiro atoms. The fourth-order valence-electron chi connectivity index (χ4n) is 1.98. The van der Waals surface area contributed by atoms with Crippen LogP contribution in [-0.2, 0) is 4.79 Å². The number of carbonyl (C=O) groups is 1. The number of hydrogen-bond acceptors (Lipinski definition) is 4. The first-order chi connectivity index (χ1) is 7.29. The number of amides is 1. The molecule has 0 radical (unpaired) electrons. The van der Waals surface area contributed by atoms with E-state index >= 15 is 0 Å². The van der Waals surface area contributed by atoms with E-state index in [1.165, 1.54) is 5.75 Å². The van der Waals surface area contributed by atoms with Crippen molar-refractivity contribution in [3.05, 3.63) is 0 Å². The van der Waals surface area contributed by atoms with Gasteiger partial charge in [0.2, 0.25) is 5.91 Å². The molecule has 6 heteroatoms. The second-order valence-electron chi connectivity index (χ2n) is 4.02. The van der Waals surface area contributed by atoms with Crippen LogP contribution >= 0.6 is 35.9 Å². The molecule has 0 aliphatic carbocycles. The zero-order valence-electron chi connectivity index (χ0n) is 9.48. The van der Waals surface area contributed by atoms with E-state index in [1.54, 1.807) is 0 Å². The zero-order valence-corrected chi connectivity index (χ0v) is 11.9. The van der Waals surface area contributed by atoms with Gasteiger partial charge in [0, 0.05) is 42.9 Å². The number of hydrogen-bond donors (Lipinski definition) is 1. The van der Waals surface area contributed by atoms with Crippen LogP contribution in [0, 0.1) is 0 Å². The molecule has 3 nitrogen and oxygen atoms in total. The van der Waals surface area contributed by atoms with Crippen LogP contribution in [0.1, 0.15) is 6.92 Å². The van der Waals surface area contributed by atoms with Gasteiger partial charge in [0.25, 0.3) is 0 Å². The molecule has 0 aromatic carbocycles. The van der Waals surface area contributed by atoms with Crippen LogP contribution in [-0.4, -0.2) is 59.0 Å². The lowest BCUT2D eigenvalue weighted by Gasteiger charge is -2.36. The first-order valence-corrected chi connectivity index (χ1v) is 7.70. The Kier molecular flexibility index (Phi) is 6.32. The van der Waals surface area contributed by atoms with Gasteiger partial charge < -0.3 is 10.2 Å². The monoisotopic (exact) mass is 282 g/mol. The molecule has 1 amide bonds. The van der Waals surface area contributed by atoms with E-state index in [2.05, 4.69) is 17.1 Å². The summed E-state index contributed by atoms with van der Waals surface area (Å²) < 4.78 is 0. The Labute approximate surface area is 112 Å². The summed E-state index contributed by atoms with van der Waals surface area (Å²) in [6.07, 6.45) is 0. The van der Waals surface area contributed by atoms with E-state index < -0.39 is 0 Å². The fourth-order valence-corrected chi connectivity index (χ4v) is 4.60. The van der Waals surface area contributed by atoms with Gasteiger partial charge in [0.15, 0.2) is 0 Å². The highest BCUT2D eigenvalue weighted by Crippen LogP contribution is 2.26. The van der Waals surface area contributed by atoms with Crippen molar-refractivity contribution in [1.29, 1.82) is 0 Å². The van der Waals surface area contributed by atoms with E-state index in [0.717, 1.165) is 31.1 Å². The summed E-state index contributed by atoms with van der Waals surface area (Å²) in [5.41, 5.74) is 0. The zero-order chi connectivity index (χ0) is 10.7. The van der Waals surface area contributed by atoms with E-state index in [9.17, 15) is 4.79 Å². The van der Waals surface area contributed by atoms with Crippen LogP contribution in [0.4, 0.5) is 0 Å². The summed E-state index contributed by atoms with van der Waals surface area (Å²) >= 11 is 3.75. The summed E-state index contributed by atoms with van der Waals surface area (Å²) in [7, 11) is 0. The van der Waals surface area contributed by atoms with Crippen molar-refractivity contribution in [2.24, 2.45) is 0 Å². The van der Waals surface area contributed by atoms with Gasteiger partial charge in [0.1, 0.15) is 0 Å². The predicted molar refractivity (Wildman–Crippen MR) is 74.9 cm³/mol. The molecule has 1 N–H and O–H groups in total. The van der Waals surface area contributed by atoms with Gasteiger partial charge >= 0.3 is 0 Å². The van der Waals surface area contributed by atoms with Crippen LogP contribution in [0.25, 0.3) is 0 Å². The molecule has 2 heterocycles. The number of piperazine rings is 1. The molecule has 0 aromatic heterocycles. The third kappa shape index (κ3) is 3.45. The predicted octanol–water partition coefficient (Wildman–Crippen LogP) is 1.08. The average Bonchev–Trinajstić information content (AvgIpc) is 2.30. The van der Waals surface area contributed by atoms with Crippen molar-refractivity contribution >= 4 is 41.8 Å². The van der Waals surface area contributed by atoms with Crippen LogP contribution in [0.15, 0.2) is 0 Å². The Hall–Kier alpha value is 0.420. The topological polar surface area (TPSA) is 32.3 Å². The molecule has 0 saturated carbocycles. The van der Waals surface area contributed by atoms with Crippen molar-refractivity contribution in [3.63, 3.8) is 0 Å². The first-order valence-electron chi connectivity index (χ1n) is 5.49. The number of thioether (sulfide) groups is 2. The summed E-state index contributed by atoms with van der Waals surface area (Å²) in [4.78, 5) is 14.3. The number of carbonyl (C=O) groups excluding carboxylic acids is 1. The van der Waals surface area contributed by atoms with Gasteiger partial charge in [-0.25, -0.2) is 0 Å². The second-order valence-corrected chi connectivity index (χ2v) is 6.48. The van der Waals surface area contributed by atoms with Gasteiger partial charge in [0.05, 0.1) is 5.25 Å². The van der Waals surface area contributed by atoms with Crippen LogP contribution < -0.4 is 5.32 Å². The maximum absolute atomic E-state index is 12.2. The van der Waals surface area contributed by atoms with Crippen molar-refractivity contribution in [3.8, 4) is 0 Å². The largest absolute Gasteiger partial charge is 0.336 e. The molecule has 2 unspecified atom stereocenters. The molecular weight excluding hydrogens is 264 g/mol. The Morgan fingerprint density at radius 1 is 1.44 bits per heavy atom. The Bertz CT molecular complexity index is 237. The molecule has 2 fully saturated rings. The van der Waals surface area contributed by atoms with Crippen molar-refractivity contribution < 1.29 is 4.79 Å². The number of halogens is 1. The molecule has 2 aliphatic heterocycles. The maximum atomic E-state index is 12.2. The third-order valence-electron chi connectivity index (χ3n) is 2.88. The minimum absolute atomic E-state index is 0. The molecule has 2 atom stereocenters. The van der Waals surface area contributed by atoms with Gasteiger partial charge in [-0.2, -0.15) is 11.8 Å². The minimum atomic E-state index is 0. The number of rotatable bonds is 1. The van der Waals surface area contributed by atoms with Crippen LogP contribution in [0.3, 0.4) is 0 Å². The molecule has 0 aromatic rings. The Balaban J connectivity index is 0.00000128. The highest BCUT2D eigenvalue weighted by Gasteiger charge is 2.30. The van der Waals surface area contributed by atoms with Crippen molar-refractivity contribution in [1.82, 2.24) is 10.2 Å². The molecule has 2 aliphatic rings. The summed E-state index contributed by atoms with van der Waals surface area (Å²) in [5, 5.41) is 3.53. The first kappa shape index (κ1) is 14.5. The average molecular weight is 283 g/mol. The Morgan fingerprint density at radius 3 is 2.88 bits per heavy atom. The minimum Gasteiger partial charge on any atom is -0.336 e. The third-order valence-corrected chi connectivity index (χ3v) is 5.62. The fraction of sp³-hybridized carbons (Fsp3) is 0.900. The standard InChI is InChI=1S/C10H18N2OS2.ClH/c1-8-6-11-2-3-12(8)10(13)9-7-14-4-5-15-9;/h8-9,11H,2-7H2,1H3;1H. The van der Waals surface area contributed by atoms with Crippen molar-refractivity contribution in [2.75, 3.05) is 36.9 Å². The normalized spacial score (nSPS) is 30.7. The number of nitrogens with zero attached hydrogens (tertiary/aromatic N) is 1. The SMILES string of the molecule is CC1CNCCN1C(=O)C1CSCCS1.Cl. The molecule has 94 valence electrons. The maximum Gasteiger partial charge on any atom is 0.236 e. The number of nitrogens with one attached hydrogen (secondary N) is 1. The van der Waals surface area contributed by atoms with Crippen molar-refractivity contribution in [2.45, 2.75) is 18.2 Å². The van der Waals surface area contributed by atoms with Crippen LogP contribution in [0.2, 0.25) is 0 Å². The quantitative estimate of drug-likeness (QED) is 0.780. The lowest BCUT2D eigenvalue weighted by molar-refractivity contribution is -0.132. The summed E-state index contributed by atoms with van der Waals surface area (Å²) in [5.74, 6) is 3.69. The van der Waals surface area contributed by atoms with E-state index in [1.807, 2.05) is 23.5 Å². The molecule has 0 bridgehead atoms. The summed E-state index contributed by atoms with van der Waals surface area (Å²) in [6, 6.07) is 0.360. The lowest BCUT2D eigenvalue weighted by Crippen LogP contribution is -2.55. The van der Waals surface area contributed by atoms with Gasteiger partial charge in [-0.3, -0.25) is 4.79 Å². The van der Waals surface area contributed by atoms with Gasteiger partial charge in [-0.05, 0) is 6.92 Å². The summed E-state index contributed by atoms with van der Waals surface area (Å²) in [6.45, 7) is 4.89. The smallest absolute Gasteiger partial charge is 0.236 e. The van der Waals surface area contributed by atoms with Gasteiger partial charge in [-0.15, -0.1) is 24.2 Å².